The monoisotopic (exact) mass is 265 g/mol. The van der Waals surface area contributed by atoms with Crippen molar-refractivity contribution in [3.05, 3.63) is 23.8 Å². The smallest absolute Gasteiger partial charge is 0.340 e. The average Bonchev–Trinajstić information content (AvgIpc) is 2.37. The zero-order valence-electron chi connectivity index (χ0n) is 11.6. The van der Waals surface area contributed by atoms with Crippen molar-refractivity contribution in [2.75, 3.05) is 19.5 Å². The molecular weight excluding hydrogens is 246 g/mol. The fraction of sp³-hybridized carbons (Fsp3) is 0.429. The summed E-state index contributed by atoms with van der Waals surface area (Å²) in [6.07, 6.45) is 0.395. The minimum Gasteiger partial charge on any atom is -0.497 e. The Hall–Kier alpha value is -2.04. The van der Waals surface area contributed by atoms with Crippen molar-refractivity contribution < 1.29 is 19.1 Å². The first-order valence-corrected chi connectivity index (χ1v) is 6.04. The Morgan fingerprint density at radius 1 is 1.26 bits per heavy atom. The molecule has 19 heavy (non-hydrogen) atoms. The van der Waals surface area contributed by atoms with Gasteiger partial charge in [0.25, 0.3) is 0 Å². The van der Waals surface area contributed by atoms with Gasteiger partial charge in [0.2, 0.25) is 5.91 Å². The number of rotatable bonds is 5. The SMILES string of the molecule is COC(=O)c1cc(OC)ccc1NC(=O)CC(C)C. The van der Waals surface area contributed by atoms with E-state index in [1.807, 2.05) is 13.8 Å². The number of benzene rings is 1. The molecule has 0 spiro atoms. The topological polar surface area (TPSA) is 64.6 Å². The quantitative estimate of drug-likeness (QED) is 0.831. The first-order chi connectivity index (χ1) is 8.97. The summed E-state index contributed by atoms with van der Waals surface area (Å²) in [5.41, 5.74) is 0.706. The van der Waals surface area contributed by atoms with Crippen LogP contribution >= 0.6 is 0 Å². The Bertz CT molecular complexity index is 469. The van der Waals surface area contributed by atoms with Crippen LogP contribution in [0.3, 0.4) is 0 Å². The van der Waals surface area contributed by atoms with E-state index in [0.717, 1.165) is 0 Å². The van der Waals surface area contributed by atoms with Crippen LogP contribution in [0.4, 0.5) is 5.69 Å². The number of nitrogens with one attached hydrogen (secondary N) is 1. The standard InChI is InChI=1S/C14H19NO4/c1-9(2)7-13(16)15-12-6-5-10(18-3)8-11(12)14(17)19-4/h5-6,8-9H,7H2,1-4H3,(H,15,16). The highest BCUT2D eigenvalue weighted by atomic mass is 16.5. The first-order valence-electron chi connectivity index (χ1n) is 6.04. The van der Waals surface area contributed by atoms with Crippen molar-refractivity contribution in [3.63, 3.8) is 0 Å². The van der Waals surface area contributed by atoms with E-state index in [0.29, 0.717) is 17.9 Å². The maximum Gasteiger partial charge on any atom is 0.340 e. The lowest BCUT2D eigenvalue weighted by Crippen LogP contribution is -2.16. The highest BCUT2D eigenvalue weighted by Gasteiger charge is 2.15. The van der Waals surface area contributed by atoms with Gasteiger partial charge in [0, 0.05) is 6.42 Å². The third kappa shape index (κ3) is 4.28. The summed E-state index contributed by atoms with van der Waals surface area (Å²) in [6, 6.07) is 4.84. The number of esters is 1. The lowest BCUT2D eigenvalue weighted by molar-refractivity contribution is -0.116. The number of anilines is 1. The van der Waals surface area contributed by atoms with Gasteiger partial charge in [-0.15, -0.1) is 0 Å². The highest BCUT2D eigenvalue weighted by Crippen LogP contribution is 2.23. The van der Waals surface area contributed by atoms with Crippen molar-refractivity contribution in [2.45, 2.75) is 20.3 Å². The maximum atomic E-state index is 11.7. The van der Waals surface area contributed by atoms with Crippen molar-refractivity contribution in [1.82, 2.24) is 0 Å². The van der Waals surface area contributed by atoms with Gasteiger partial charge >= 0.3 is 5.97 Å². The van der Waals surface area contributed by atoms with Gasteiger partial charge in [0.1, 0.15) is 5.75 Å². The minimum atomic E-state index is -0.515. The van der Waals surface area contributed by atoms with Crippen LogP contribution in [0.25, 0.3) is 0 Å². The molecule has 1 aromatic carbocycles. The molecule has 0 heterocycles. The van der Waals surface area contributed by atoms with Gasteiger partial charge < -0.3 is 14.8 Å². The molecule has 104 valence electrons. The van der Waals surface area contributed by atoms with Crippen LogP contribution in [-0.2, 0) is 9.53 Å². The number of hydrogen-bond donors (Lipinski definition) is 1. The van der Waals surface area contributed by atoms with E-state index in [2.05, 4.69) is 5.32 Å². The van der Waals surface area contributed by atoms with Gasteiger partial charge in [0.15, 0.2) is 0 Å². The summed E-state index contributed by atoms with van der Waals surface area (Å²) >= 11 is 0. The fourth-order valence-electron chi connectivity index (χ4n) is 1.61. The average molecular weight is 265 g/mol. The number of hydrogen-bond acceptors (Lipinski definition) is 4. The van der Waals surface area contributed by atoms with Crippen LogP contribution < -0.4 is 10.1 Å². The zero-order chi connectivity index (χ0) is 14.4. The molecule has 0 saturated heterocycles. The van der Waals surface area contributed by atoms with Gasteiger partial charge in [-0.2, -0.15) is 0 Å². The number of ether oxygens (including phenoxy) is 2. The second-order valence-electron chi connectivity index (χ2n) is 4.55. The van der Waals surface area contributed by atoms with Gasteiger partial charge in [-0.05, 0) is 24.1 Å². The molecule has 0 atom stereocenters. The number of methoxy groups -OCH3 is 2. The normalized spacial score (nSPS) is 10.2. The van der Waals surface area contributed by atoms with Crippen LogP contribution in [-0.4, -0.2) is 26.1 Å². The summed E-state index contributed by atoms with van der Waals surface area (Å²) in [6.45, 7) is 3.91. The molecule has 0 aliphatic carbocycles. The molecule has 0 saturated carbocycles. The van der Waals surface area contributed by atoms with E-state index in [9.17, 15) is 9.59 Å². The molecule has 0 bridgehead atoms. The van der Waals surface area contributed by atoms with E-state index in [1.165, 1.54) is 20.3 Å². The summed E-state index contributed by atoms with van der Waals surface area (Å²) in [7, 11) is 2.80. The highest BCUT2D eigenvalue weighted by molar-refractivity contribution is 6.01. The van der Waals surface area contributed by atoms with E-state index >= 15 is 0 Å². The van der Waals surface area contributed by atoms with Gasteiger partial charge in [-0.3, -0.25) is 4.79 Å². The van der Waals surface area contributed by atoms with E-state index in [1.54, 1.807) is 12.1 Å². The molecule has 1 aromatic rings. The molecule has 0 aromatic heterocycles. The molecule has 0 fully saturated rings. The Labute approximate surface area is 112 Å². The second-order valence-corrected chi connectivity index (χ2v) is 4.55. The Kier molecular flexibility index (Phi) is 5.36. The lowest BCUT2D eigenvalue weighted by Gasteiger charge is -2.12. The Morgan fingerprint density at radius 2 is 1.95 bits per heavy atom. The molecule has 0 unspecified atom stereocenters. The third-order valence-corrected chi connectivity index (χ3v) is 2.50. The first kappa shape index (κ1) is 15.0. The van der Waals surface area contributed by atoms with E-state index in [4.69, 9.17) is 9.47 Å². The molecule has 0 aliphatic rings. The molecule has 1 N–H and O–H groups in total. The van der Waals surface area contributed by atoms with Gasteiger partial charge in [0.05, 0.1) is 25.5 Å². The molecule has 5 nitrogen and oxygen atoms in total. The maximum absolute atomic E-state index is 11.7. The largest absolute Gasteiger partial charge is 0.497 e. The lowest BCUT2D eigenvalue weighted by atomic mass is 10.1. The zero-order valence-corrected chi connectivity index (χ0v) is 11.6. The second kappa shape index (κ2) is 6.78. The molecule has 0 aliphatic heterocycles. The van der Waals surface area contributed by atoms with Crippen molar-refractivity contribution >= 4 is 17.6 Å². The molecule has 5 heteroatoms. The summed E-state index contributed by atoms with van der Waals surface area (Å²) < 4.78 is 9.75. The number of carbonyl (C=O) groups excluding carboxylic acids is 2. The summed E-state index contributed by atoms with van der Waals surface area (Å²) in [4.78, 5) is 23.4. The predicted molar refractivity (Wildman–Crippen MR) is 72.4 cm³/mol. The molecule has 0 radical (unpaired) electrons. The van der Waals surface area contributed by atoms with Crippen molar-refractivity contribution in [3.8, 4) is 5.75 Å². The number of amides is 1. The molecule has 1 amide bonds. The van der Waals surface area contributed by atoms with Gasteiger partial charge in [-0.1, -0.05) is 13.8 Å². The van der Waals surface area contributed by atoms with E-state index in [-0.39, 0.29) is 17.4 Å². The Balaban J connectivity index is 2.99. The van der Waals surface area contributed by atoms with Gasteiger partial charge in [-0.25, -0.2) is 4.79 Å². The van der Waals surface area contributed by atoms with Crippen LogP contribution in [0.15, 0.2) is 18.2 Å². The van der Waals surface area contributed by atoms with Crippen LogP contribution in [0.5, 0.6) is 5.75 Å². The fourth-order valence-corrected chi connectivity index (χ4v) is 1.61. The van der Waals surface area contributed by atoms with Crippen molar-refractivity contribution in [2.24, 2.45) is 5.92 Å². The van der Waals surface area contributed by atoms with Crippen LogP contribution in [0.1, 0.15) is 30.6 Å². The molecular formula is C14H19NO4. The van der Waals surface area contributed by atoms with E-state index < -0.39 is 5.97 Å². The summed E-state index contributed by atoms with van der Waals surface area (Å²) in [5, 5.41) is 2.71. The number of carbonyl (C=O) groups is 2. The molecule has 1 rings (SSSR count). The van der Waals surface area contributed by atoms with Crippen LogP contribution in [0, 0.1) is 5.92 Å². The summed E-state index contributed by atoms with van der Waals surface area (Å²) in [5.74, 6) is 0.131. The van der Waals surface area contributed by atoms with Crippen molar-refractivity contribution in [1.29, 1.82) is 0 Å². The minimum absolute atomic E-state index is 0.134. The third-order valence-electron chi connectivity index (χ3n) is 2.50. The Morgan fingerprint density at radius 3 is 2.47 bits per heavy atom. The van der Waals surface area contributed by atoms with Crippen LogP contribution in [0.2, 0.25) is 0 Å². The predicted octanol–water partition coefficient (Wildman–Crippen LogP) is 2.47.